The molecule has 3 aliphatic rings. The summed E-state index contributed by atoms with van der Waals surface area (Å²) < 4.78 is 26.8. The molecule has 0 radical (unpaired) electrons. The number of methoxy groups -OCH3 is 1. The Kier molecular flexibility index (Phi) is 15.9. The fourth-order valence-corrected chi connectivity index (χ4v) is 8.55. The number of Topliss-reactive ketones (excluding diaryl/α,β-unsaturated/α-hetero) is 1. The van der Waals surface area contributed by atoms with Gasteiger partial charge in [-0.2, -0.15) is 0 Å². The number of nitrogens with zero attached hydrogens (tertiary/aromatic N) is 5. The van der Waals surface area contributed by atoms with Gasteiger partial charge in [0.05, 0.1) is 35.3 Å². The molecule has 0 spiro atoms. The number of aliphatic hydroxyl groups is 3. The number of aromatic nitrogens is 3. The highest BCUT2D eigenvalue weighted by Gasteiger charge is 2.52. The van der Waals surface area contributed by atoms with Crippen LogP contribution in [0.2, 0.25) is 0 Å². The van der Waals surface area contributed by atoms with Crippen LogP contribution in [0.5, 0.6) is 0 Å². The Morgan fingerprint density at radius 1 is 1.16 bits per heavy atom. The lowest BCUT2D eigenvalue weighted by molar-refractivity contribution is -0.295. The van der Waals surface area contributed by atoms with Crippen LogP contribution >= 0.6 is 0 Å². The van der Waals surface area contributed by atoms with Crippen molar-refractivity contribution >= 4 is 25.4 Å². The standard InChI is InChI=1S/C38H67BN6O10/c1-11-29-38(8,50)33(48)23(4)30(42-55-27-13-12-15-40-19-27)21(2)18-37(7,51-10)34(24(5)31(46)25(6)35(49)53-29)54-36-32(47)28(17-22(3)52-36)44(9)16-14-26-20-45(39)43-41-26/h20-25,27-29,32-34,36,40,47-48,50H,11-19,39H2,1-10H3/b42-30+/t21-,22-,23+,24+,25-,27-,28+,29-,32-,33-,34-,36+,37-,38-/m1/s1. The molecule has 0 aromatic carbocycles. The van der Waals surface area contributed by atoms with Gasteiger partial charge < -0.3 is 53.9 Å². The second-order valence-corrected chi connectivity index (χ2v) is 16.7. The largest absolute Gasteiger partial charge is 0.459 e. The summed E-state index contributed by atoms with van der Waals surface area (Å²) in [4.78, 5) is 36.1. The quantitative estimate of drug-likeness (QED) is 0.113. The minimum atomic E-state index is -1.89. The Labute approximate surface area is 327 Å². The van der Waals surface area contributed by atoms with Crippen LogP contribution in [0.25, 0.3) is 0 Å². The highest BCUT2D eigenvalue weighted by Crippen LogP contribution is 2.39. The zero-order valence-electron chi connectivity index (χ0n) is 34.8. The minimum absolute atomic E-state index is 0.182. The van der Waals surface area contributed by atoms with E-state index < -0.39 is 77.3 Å². The van der Waals surface area contributed by atoms with Crippen LogP contribution in [0.4, 0.5) is 0 Å². The maximum atomic E-state index is 14.3. The van der Waals surface area contributed by atoms with Crippen molar-refractivity contribution in [1.29, 1.82) is 0 Å². The van der Waals surface area contributed by atoms with E-state index in [9.17, 15) is 24.9 Å². The van der Waals surface area contributed by atoms with Crippen molar-refractivity contribution in [2.24, 2.45) is 28.8 Å². The van der Waals surface area contributed by atoms with Gasteiger partial charge in [0.15, 0.2) is 12.1 Å². The van der Waals surface area contributed by atoms with Gasteiger partial charge in [-0.25, -0.2) is 0 Å². The number of cyclic esters (lactones) is 1. The number of rotatable bonds is 10. The number of aliphatic hydroxyl groups excluding tert-OH is 2. The van der Waals surface area contributed by atoms with Gasteiger partial charge in [-0.05, 0) is 73.4 Å². The Morgan fingerprint density at radius 3 is 2.47 bits per heavy atom. The first-order valence-corrected chi connectivity index (χ1v) is 20.0. The molecule has 0 unspecified atom stereocenters. The van der Waals surface area contributed by atoms with Crippen LogP contribution in [0, 0.1) is 23.7 Å². The van der Waals surface area contributed by atoms with Crippen molar-refractivity contribution in [2.45, 2.75) is 154 Å². The molecule has 4 N–H and O–H groups in total. The van der Waals surface area contributed by atoms with E-state index in [0.29, 0.717) is 31.6 Å². The van der Waals surface area contributed by atoms with Crippen LogP contribution in [-0.2, 0) is 39.8 Å². The van der Waals surface area contributed by atoms with Gasteiger partial charge in [-0.3, -0.25) is 9.59 Å². The maximum absolute atomic E-state index is 14.3. The molecular weight excluding hydrogens is 711 g/mol. The molecule has 14 atom stereocenters. The third-order valence-corrected chi connectivity index (χ3v) is 12.2. The van der Waals surface area contributed by atoms with E-state index in [0.717, 1.165) is 25.1 Å². The van der Waals surface area contributed by atoms with Crippen LogP contribution < -0.4 is 5.32 Å². The first-order valence-electron chi connectivity index (χ1n) is 20.0. The lowest BCUT2D eigenvalue weighted by Gasteiger charge is -2.47. The second kappa shape index (κ2) is 19.3. The summed E-state index contributed by atoms with van der Waals surface area (Å²) in [5.41, 5.74) is -1.82. The summed E-state index contributed by atoms with van der Waals surface area (Å²) >= 11 is 0. The average Bonchev–Trinajstić information content (AvgIpc) is 3.59. The topological polar surface area (TPSA) is 199 Å². The second-order valence-electron chi connectivity index (χ2n) is 16.7. The number of esters is 1. The van der Waals surface area contributed by atoms with E-state index in [1.165, 1.54) is 21.0 Å². The zero-order valence-corrected chi connectivity index (χ0v) is 34.8. The van der Waals surface area contributed by atoms with Crippen LogP contribution in [0.15, 0.2) is 11.4 Å². The van der Waals surface area contributed by atoms with Crippen molar-refractivity contribution in [3.8, 4) is 0 Å². The van der Waals surface area contributed by atoms with E-state index in [2.05, 4.69) is 25.7 Å². The number of piperidine rings is 1. The van der Waals surface area contributed by atoms with E-state index in [4.69, 9.17) is 23.8 Å². The smallest absolute Gasteiger partial charge is 0.316 e. The maximum Gasteiger partial charge on any atom is 0.316 e. The fraction of sp³-hybridized carbons (Fsp3) is 0.868. The summed E-state index contributed by atoms with van der Waals surface area (Å²) in [6.07, 6.45) is -1.13. The van der Waals surface area contributed by atoms with Crippen molar-refractivity contribution in [2.75, 3.05) is 33.8 Å². The van der Waals surface area contributed by atoms with Gasteiger partial charge in [0.1, 0.15) is 29.8 Å². The number of likely N-dealkylation sites (N-methyl/N-ethyl adjacent to an activating group) is 1. The molecule has 0 bridgehead atoms. The van der Waals surface area contributed by atoms with Crippen molar-refractivity contribution in [1.82, 2.24) is 25.1 Å². The Bertz CT molecular complexity index is 1440. The third-order valence-electron chi connectivity index (χ3n) is 12.2. The molecule has 1 aromatic heterocycles. The minimum Gasteiger partial charge on any atom is -0.459 e. The molecule has 0 aliphatic carbocycles. The number of hydrogen-bond acceptors (Lipinski definition) is 15. The SMILES string of the molecule is Bn1cc(CCN(C)[C@H]2C[C@@H](C)O[C@@H](O[C@@H]3[C@@H](C)C(=O)[C@@H](C)C(=O)O[C@H](CC)[C@@](C)(O)[C@H](O)[C@@H](C)/C(=N/O[C@@H]4CCCNC4)[C@H](C)C[C@@]3(C)OC)[C@@H]2O)nn1. The van der Waals surface area contributed by atoms with E-state index in [-0.39, 0.29) is 31.1 Å². The number of oxime groups is 1. The third kappa shape index (κ3) is 10.7. The predicted octanol–water partition coefficient (Wildman–Crippen LogP) is 0.879. The highest BCUT2D eigenvalue weighted by molar-refractivity contribution is 6.05. The van der Waals surface area contributed by atoms with Crippen LogP contribution in [0.1, 0.15) is 93.2 Å². The van der Waals surface area contributed by atoms with Gasteiger partial charge in [0.25, 0.3) is 7.98 Å². The molecule has 0 amide bonds. The van der Waals surface area contributed by atoms with Gasteiger partial charge >= 0.3 is 5.97 Å². The summed E-state index contributed by atoms with van der Waals surface area (Å²) in [7, 11) is 5.28. The molecule has 312 valence electrons. The summed E-state index contributed by atoms with van der Waals surface area (Å²) in [5, 5.41) is 51.6. The van der Waals surface area contributed by atoms with Crippen LogP contribution in [-0.4, -0.2) is 155 Å². The first kappa shape index (κ1) is 45.2. The molecule has 1 aromatic rings. The summed E-state index contributed by atoms with van der Waals surface area (Å²) in [5.74, 6) is -4.68. The Morgan fingerprint density at radius 2 is 1.87 bits per heavy atom. The van der Waals surface area contributed by atoms with Gasteiger partial charge in [0.2, 0.25) is 0 Å². The highest BCUT2D eigenvalue weighted by atomic mass is 16.7. The lowest BCUT2D eigenvalue weighted by Crippen LogP contribution is -2.60. The molecule has 16 nitrogen and oxygen atoms in total. The Hall–Kier alpha value is -2.51. The first-order chi connectivity index (χ1) is 25.8. The normalized spacial score (nSPS) is 40.9. The number of carbonyl (C=O) groups is 2. The van der Waals surface area contributed by atoms with Gasteiger partial charge in [-0.1, -0.05) is 38.1 Å². The molecule has 3 fully saturated rings. The average molecular weight is 779 g/mol. The molecule has 4 rings (SSSR count). The fourth-order valence-electron chi connectivity index (χ4n) is 8.55. The van der Waals surface area contributed by atoms with Gasteiger partial charge in [0, 0.05) is 56.6 Å². The molecule has 17 heteroatoms. The molecule has 4 heterocycles. The number of ketones is 1. The zero-order chi connectivity index (χ0) is 40.8. The van der Waals surface area contributed by atoms with Crippen LogP contribution in [0.3, 0.4) is 0 Å². The monoisotopic (exact) mass is 779 g/mol. The summed E-state index contributed by atoms with van der Waals surface area (Å²) in [6, 6.07) is -0.345. The number of hydrogen-bond donors (Lipinski definition) is 4. The van der Waals surface area contributed by atoms with Crippen molar-refractivity contribution in [3.05, 3.63) is 11.9 Å². The molecule has 3 aliphatic heterocycles. The van der Waals surface area contributed by atoms with Gasteiger partial charge in [-0.15, -0.1) is 5.10 Å². The Balaban J connectivity index is 1.72. The summed E-state index contributed by atoms with van der Waals surface area (Å²) in [6.45, 7) is 15.9. The molecule has 3 saturated heterocycles. The lowest BCUT2D eigenvalue weighted by atomic mass is 9.74. The molecule has 55 heavy (non-hydrogen) atoms. The van der Waals surface area contributed by atoms with E-state index in [1.54, 1.807) is 25.4 Å². The van der Waals surface area contributed by atoms with E-state index in [1.807, 2.05) is 42.0 Å². The van der Waals surface area contributed by atoms with E-state index >= 15 is 0 Å². The van der Waals surface area contributed by atoms with Crippen molar-refractivity contribution < 1.29 is 48.7 Å². The molecular formula is C38H67BN6O10. The number of ether oxygens (including phenoxy) is 4. The van der Waals surface area contributed by atoms with Crippen molar-refractivity contribution in [3.63, 3.8) is 0 Å². The number of carbonyl (C=O) groups excluding carboxylic acids is 2. The molecule has 0 saturated carbocycles. The predicted molar refractivity (Wildman–Crippen MR) is 207 cm³/mol. The number of nitrogens with one attached hydrogen (secondary N) is 1.